The molecule has 146 valence electrons. The molecule has 0 atom stereocenters. The van der Waals surface area contributed by atoms with E-state index in [0.717, 1.165) is 27.8 Å². The van der Waals surface area contributed by atoms with Gasteiger partial charge in [0.25, 0.3) is 0 Å². The molecule has 1 N–H and O–H groups in total. The first-order chi connectivity index (χ1) is 13.3. The first kappa shape index (κ1) is 19.9. The summed E-state index contributed by atoms with van der Waals surface area (Å²) in [6.07, 6.45) is 0. The van der Waals surface area contributed by atoms with E-state index in [0.29, 0.717) is 5.56 Å². The van der Waals surface area contributed by atoms with E-state index in [2.05, 4.69) is 38.2 Å². The van der Waals surface area contributed by atoms with Gasteiger partial charge in [-0.3, -0.25) is 0 Å². The van der Waals surface area contributed by atoms with Crippen molar-refractivity contribution in [3.05, 3.63) is 59.0 Å². The van der Waals surface area contributed by atoms with Crippen molar-refractivity contribution in [1.29, 1.82) is 0 Å². The van der Waals surface area contributed by atoms with Crippen LogP contribution in [0.25, 0.3) is 11.3 Å². The summed E-state index contributed by atoms with van der Waals surface area (Å²) in [6.45, 7) is 6.54. The van der Waals surface area contributed by atoms with Crippen molar-refractivity contribution in [2.24, 2.45) is 0 Å². The monoisotopic (exact) mass is 396 g/mol. The van der Waals surface area contributed by atoms with E-state index < -0.39 is 0 Å². The Hall–Kier alpha value is -2.86. The van der Waals surface area contributed by atoms with Crippen LogP contribution in [0.3, 0.4) is 0 Å². The zero-order chi connectivity index (χ0) is 20.3. The van der Waals surface area contributed by atoms with E-state index in [9.17, 15) is 4.79 Å². The lowest BCUT2D eigenvalue weighted by atomic mass is 9.86. The highest BCUT2D eigenvalue weighted by molar-refractivity contribution is 7.14. The van der Waals surface area contributed by atoms with Gasteiger partial charge < -0.3 is 14.8 Å². The Kier molecular flexibility index (Phi) is 5.70. The average molecular weight is 397 g/mol. The first-order valence-corrected chi connectivity index (χ1v) is 9.79. The summed E-state index contributed by atoms with van der Waals surface area (Å²) in [5.41, 5.74) is 4.33. The van der Waals surface area contributed by atoms with Gasteiger partial charge in [-0.2, -0.15) is 0 Å². The third-order valence-electron chi connectivity index (χ3n) is 4.38. The summed E-state index contributed by atoms with van der Waals surface area (Å²) in [5.74, 6) is 0.421. The van der Waals surface area contributed by atoms with Crippen molar-refractivity contribution in [3.8, 4) is 17.0 Å². The Morgan fingerprint density at radius 3 is 2.57 bits per heavy atom. The Morgan fingerprint density at radius 1 is 1.11 bits per heavy atom. The molecule has 3 rings (SSSR count). The number of anilines is 2. The summed E-state index contributed by atoms with van der Waals surface area (Å²) < 4.78 is 10.3. The summed E-state index contributed by atoms with van der Waals surface area (Å²) in [6, 6.07) is 13.4. The molecule has 1 heterocycles. The first-order valence-electron chi connectivity index (χ1n) is 8.91. The predicted molar refractivity (Wildman–Crippen MR) is 114 cm³/mol. The van der Waals surface area contributed by atoms with Gasteiger partial charge in [-0.1, -0.05) is 32.9 Å². The fraction of sp³-hybridized carbons (Fsp3) is 0.273. The second-order valence-corrected chi connectivity index (χ2v) is 8.26. The van der Waals surface area contributed by atoms with Crippen molar-refractivity contribution in [1.82, 2.24) is 4.98 Å². The highest BCUT2D eigenvalue weighted by Gasteiger charge is 2.18. The molecule has 0 spiro atoms. The molecule has 0 aliphatic heterocycles. The number of esters is 1. The van der Waals surface area contributed by atoms with Gasteiger partial charge in [0.05, 0.1) is 25.5 Å². The van der Waals surface area contributed by atoms with Crippen LogP contribution in [0.1, 0.15) is 36.7 Å². The Bertz CT molecular complexity index is 989. The molecule has 0 bridgehead atoms. The molecule has 1 aromatic heterocycles. The highest BCUT2D eigenvalue weighted by atomic mass is 32.1. The van der Waals surface area contributed by atoms with Crippen LogP contribution in [0, 0.1) is 0 Å². The Labute approximate surface area is 169 Å². The summed E-state index contributed by atoms with van der Waals surface area (Å²) in [5, 5.41) is 5.99. The van der Waals surface area contributed by atoms with Crippen molar-refractivity contribution in [3.63, 3.8) is 0 Å². The summed E-state index contributed by atoms with van der Waals surface area (Å²) in [4.78, 5) is 16.4. The number of thiazole rings is 1. The van der Waals surface area contributed by atoms with Gasteiger partial charge in [-0.25, -0.2) is 9.78 Å². The van der Waals surface area contributed by atoms with Crippen LogP contribution >= 0.6 is 11.3 Å². The van der Waals surface area contributed by atoms with Gasteiger partial charge in [0.15, 0.2) is 5.13 Å². The average Bonchev–Trinajstić information content (AvgIpc) is 3.14. The molecule has 2 aromatic carbocycles. The molecule has 6 heteroatoms. The molecular weight excluding hydrogens is 372 g/mol. The molecule has 0 saturated carbocycles. The molecular formula is C22H24N2O3S. The van der Waals surface area contributed by atoms with Crippen molar-refractivity contribution >= 4 is 28.1 Å². The topological polar surface area (TPSA) is 60.5 Å². The zero-order valence-electron chi connectivity index (χ0n) is 16.7. The highest BCUT2D eigenvalue weighted by Crippen LogP contribution is 2.36. The number of methoxy groups -OCH3 is 2. The van der Waals surface area contributed by atoms with Gasteiger partial charge >= 0.3 is 5.97 Å². The lowest BCUT2D eigenvalue weighted by Crippen LogP contribution is -2.11. The smallest absolute Gasteiger partial charge is 0.337 e. The third kappa shape index (κ3) is 4.34. The molecule has 0 unspecified atom stereocenters. The van der Waals surface area contributed by atoms with Crippen LogP contribution in [0.2, 0.25) is 0 Å². The minimum absolute atomic E-state index is 0.0342. The number of benzene rings is 2. The maximum atomic E-state index is 11.7. The number of hydrogen-bond donors (Lipinski definition) is 1. The SMILES string of the molecule is COC(=O)c1cccc(Nc2nc(-c3cc(C(C)(C)C)ccc3OC)cs2)c1. The minimum Gasteiger partial charge on any atom is -0.496 e. The van der Waals surface area contributed by atoms with E-state index in [1.54, 1.807) is 25.3 Å². The molecule has 5 nitrogen and oxygen atoms in total. The molecule has 0 aliphatic rings. The van der Waals surface area contributed by atoms with E-state index in [-0.39, 0.29) is 11.4 Å². The van der Waals surface area contributed by atoms with Gasteiger partial charge in [-0.05, 0) is 41.3 Å². The third-order valence-corrected chi connectivity index (χ3v) is 5.14. The van der Waals surface area contributed by atoms with E-state index in [4.69, 9.17) is 14.5 Å². The molecule has 28 heavy (non-hydrogen) atoms. The lowest BCUT2D eigenvalue weighted by Gasteiger charge is -2.20. The molecule has 0 radical (unpaired) electrons. The number of rotatable bonds is 5. The summed E-state index contributed by atoms with van der Waals surface area (Å²) >= 11 is 1.50. The number of carbonyl (C=O) groups is 1. The van der Waals surface area contributed by atoms with Gasteiger partial charge in [0.2, 0.25) is 0 Å². The van der Waals surface area contributed by atoms with Crippen LogP contribution in [0.5, 0.6) is 5.75 Å². The van der Waals surface area contributed by atoms with Crippen LogP contribution in [0.4, 0.5) is 10.8 Å². The van der Waals surface area contributed by atoms with Gasteiger partial charge in [0, 0.05) is 16.6 Å². The number of aromatic nitrogens is 1. The van der Waals surface area contributed by atoms with Gasteiger partial charge in [0.1, 0.15) is 5.75 Å². The second kappa shape index (κ2) is 8.02. The zero-order valence-corrected chi connectivity index (χ0v) is 17.5. The predicted octanol–water partition coefficient (Wildman–Crippen LogP) is 5.65. The van der Waals surface area contributed by atoms with Crippen LogP contribution < -0.4 is 10.1 Å². The largest absolute Gasteiger partial charge is 0.496 e. The number of nitrogens with zero attached hydrogens (tertiary/aromatic N) is 1. The van der Waals surface area contributed by atoms with E-state index in [1.807, 2.05) is 17.5 Å². The molecule has 3 aromatic rings. The number of ether oxygens (including phenoxy) is 2. The van der Waals surface area contributed by atoms with Crippen molar-refractivity contribution < 1.29 is 14.3 Å². The van der Waals surface area contributed by atoms with Gasteiger partial charge in [-0.15, -0.1) is 11.3 Å². The lowest BCUT2D eigenvalue weighted by molar-refractivity contribution is 0.0601. The van der Waals surface area contributed by atoms with Crippen molar-refractivity contribution in [2.75, 3.05) is 19.5 Å². The number of carbonyl (C=O) groups excluding carboxylic acids is 1. The Balaban J connectivity index is 1.90. The quantitative estimate of drug-likeness (QED) is 0.565. The maximum absolute atomic E-state index is 11.7. The Morgan fingerprint density at radius 2 is 1.89 bits per heavy atom. The van der Waals surface area contributed by atoms with Crippen LogP contribution in [0.15, 0.2) is 47.8 Å². The normalized spacial score (nSPS) is 11.2. The van der Waals surface area contributed by atoms with Crippen molar-refractivity contribution in [2.45, 2.75) is 26.2 Å². The number of nitrogens with one attached hydrogen (secondary N) is 1. The summed E-state index contributed by atoms with van der Waals surface area (Å²) in [7, 11) is 3.04. The minimum atomic E-state index is -0.368. The number of hydrogen-bond acceptors (Lipinski definition) is 6. The fourth-order valence-electron chi connectivity index (χ4n) is 2.79. The standard InChI is InChI=1S/C22H24N2O3S/c1-22(2,3)15-9-10-19(26-4)17(12-15)18-13-28-21(24-18)23-16-8-6-7-14(11-16)20(25)27-5/h6-13H,1-5H3,(H,23,24). The van der Waals surface area contributed by atoms with Crippen LogP contribution in [-0.2, 0) is 10.2 Å². The second-order valence-electron chi connectivity index (χ2n) is 7.40. The molecule has 0 amide bonds. The van der Waals surface area contributed by atoms with Crippen LogP contribution in [-0.4, -0.2) is 25.2 Å². The van der Waals surface area contributed by atoms with E-state index in [1.165, 1.54) is 24.0 Å². The molecule has 0 saturated heterocycles. The van der Waals surface area contributed by atoms with E-state index >= 15 is 0 Å². The molecule has 0 fully saturated rings. The fourth-order valence-corrected chi connectivity index (χ4v) is 3.53. The molecule has 0 aliphatic carbocycles. The maximum Gasteiger partial charge on any atom is 0.337 e.